The molecule has 1 aliphatic rings. The van der Waals surface area contributed by atoms with Crippen molar-refractivity contribution in [1.29, 1.82) is 0 Å². The van der Waals surface area contributed by atoms with Crippen molar-refractivity contribution in [3.8, 4) is 0 Å². The first-order chi connectivity index (χ1) is 11.3. The van der Waals surface area contributed by atoms with Gasteiger partial charge < -0.3 is 4.90 Å². The Morgan fingerprint density at radius 2 is 1.96 bits per heavy atom. The molecular formula is C18H20N2O3S. The highest BCUT2D eigenvalue weighted by molar-refractivity contribution is 7.88. The number of hydrogen-bond donors (Lipinski definition) is 1. The molecule has 0 spiro atoms. The Morgan fingerprint density at radius 1 is 1.21 bits per heavy atom. The Kier molecular flexibility index (Phi) is 4.43. The van der Waals surface area contributed by atoms with E-state index < -0.39 is 10.0 Å². The monoisotopic (exact) mass is 344 g/mol. The second kappa shape index (κ2) is 6.37. The Balaban J connectivity index is 1.88. The maximum Gasteiger partial charge on any atom is 0.258 e. The number of nitrogens with zero attached hydrogens (tertiary/aromatic N) is 1. The van der Waals surface area contributed by atoms with Crippen LogP contribution in [0.4, 0.5) is 5.69 Å². The van der Waals surface area contributed by atoms with Gasteiger partial charge in [0, 0.05) is 24.3 Å². The van der Waals surface area contributed by atoms with Crippen LogP contribution in [-0.2, 0) is 23.0 Å². The zero-order valence-corrected chi connectivity index (χ0v) is 14.6. The maximum absolute atomic E-state index is 12.9. The topological polar surface area (TPSA) is 66.5 Å². The standard InChI is InChI=1S/C18H20N2O3S/c1-13-5-3-4-6-16(13)18(21)20-10-9-15-8-7-14(11-17(15)20)12-19-24(2,22)23/h3-8,11,19H,9-10,12H2,1-2H3. The molecule has 1 aliphatic heterocycles. The van der Waals surface area contributed by atoms with E-state index in [0.717, 1.165) is 35.1 Å². The summed E-state index contributed by atoms with van der Waals surface area (Å²) in [6.45, 7) is 2.79. The van der Waals surface area contributed by atoms with Gasteiger partial charge in [0.2, 0.25) is 10.0 Å². The van der Waals surface area contributed by atoms with Crippen molar-refractivity contribution < 1.29 is 13.2 Å². The molecule has 24 heavy (non-hydrogen) atoms. The number of sulfonamides is 1. The lowest BCUT2D eigenvalue weighted by molar-refractivity contribution is 0.0989. The summed E-state index contributed by atoms with van der Waals surface area (Å²) in [7, 11) is -3.25. The summed E-state index contributed by atoms with van der Waals surface area (Å²) in [6, 6.07) is 13.3. The average Bonchev–Trinajstić information content (AvgIpc) is 2.95. The Bertz CT molecular complexity index is 891. The minimum atomic E-state index is -3.25. The number of aryl methyl sites for hydroxylation is 1. The molecule has 0 aromatic heterocycles. The fourth-order valence-corrected chi connectivity index (χ4v) is 3.35. The molecule has 1 N–H and O–H groups in total. The van der Waals surface area contributed by atoms with E-state index in [1.54, 1.807) is 4.90 Å². The second-order valence-electron chi connectivity index (χ2n) is 6.08. The smallest absolute Gasteiger partial charge is 0.258 e. The minimum absolute atomic E-state index is 0.0138. The van der Waals surface area contributed by atoms with Gasteiger partial charge in [0.15, 0.2) is 0 Å². The van der Waals surface area contributed by atoms with E-state index in [-0.39, 0.29) is 12.5 Å². The van der Waals surface area contributed by atoms with Crippen molar-refractivity contribution in [2.24, 2.45) is 0 Å². The molecule has 0 radical (unpaired) electrons. The summed E-state index contributed by atoms with van der Waals surface area (Å²) in [4.78, 5) is 14.7. The summed E-state index contributed by atoms with van der Waals surface area (Å²) in [5.41, 5.74) is 4.47. The maximum atomic E-state index is 12.9. The lowest BCUT2D eigenvalue weighted by Crippen LogP contribution is -2.29. The van der Waals surface area contributed by atoms with Crippen LogP contribution in [-0.4, -0.2) is 27.1 Å². The second-order valence-corrected chi connectivity index (χ2v) is 7.91. The fraction of sp³-hybridized carbons (Fsp3) is 0.278. The Morgan fingerprint density at radius 3 is 2.67 bits per heavy atom. The minimum Gasteiger partial charge on any atom is -0.308 e. The van der Waals surface area contributed by atoms with Crippen LogP contribution >= 0.6 is 0 Å². The van der Waals surface area contributed by atoms with E-state index in [4.69, 9.17) is 0 Å². The molecule has 0 saturated heterocycles. The number of rotatable bonds is 4. The van der Waals surface area contributed by atoms with Gasteiger partial charge in [-0.25, -0.2) is 13.1 Å². The largest absolute Gasteiger partial charge is 0.308 e. The summed E-state index contributed by atoms with van der Waals surface area (Å²) in [5.74, 6) is -0.0138. The molecule has 1 amide bonds. The zero-order chi connectivity index (χ0) is 17.3. The first-order valence-electron chi connectivity index (χ1n) is 7.79. The highest BCUT2D eigenvalue weighted by Crippen LogP contribution is 2.31. The quantitative estimate of drug-likeness (QED) is 0.925. The molecule has 5 nitrogen and oxygen atoms in total. The van der Waals surface area contributed by atoms with E-state index in [2.05, 4.69) is 4.72 Å². The van der Waals surface area contributed by atoms with Crippen LogP contribution in [0.15, 0.2) is 42.5 Å². The number of carbonyl (C=O) groups is 1. The number of anilines is 1. The molecule has 0 aliphatic carbocycles. The van der Waals surface area contributed by atoms with Gasteiger partial charge >= 0.3 is 0 Å². The normalized spacial score (nSPS) is 13.8. The van der Waals surface area contributed by atoms with Crippen LogP contribution in [0.3, 0.4) is 0 Å². The van der Waals surface area contributed by atoms with E-state index in [0.29, 0.717) is 12.1 Å². The summed E-state index contributed by atoms with van der Waals surface area (Å²) < 4.78 is 25.0. The molecule has 1 heterocycles. The van der Waals surface area contributed by atoms with E-state index in [1.165, 1.54) is 0 Å². The third-order valence-electron chi connectivity index (χ3n) is 4.20. The number of fused-ring (bicyclic) bond motifs is 1. The summed E-state index contributed by atoms with van der Waals surface area (Å²) in [6.07, 6.45) is 1.95. The molecule has 2 aromatic carbocycles. The molecular weight excluding hydrogens is 324 g/mol. The summed E-state index contributed by atoms with van der Waals surface area (Å²) in [5, 5.41) is 0. The van der Waals surface area contributed by atoms with Gasteiger partial charge in [0.25, 0.3) is 5.91 Å². The third kappa shape index (κ3) is 3.49. The number of hydrogen-bond acceptors (Lipinski definition) is 3. The third-order valence-corrected chi connectivity index (χ3v) is 4.87. The molecule has 0 saturated carbocycles. The molecule has 126 valence electrons. The lowest BCUT2D eigenvalue weighted by atomic mass is 10.1. The van der Waals surface area contributed by atoms with Crippen molar-refractivity contribution in [2.75, 3.05) is 17.7 Å². The molecule has 6 heteroatoms. The number of benzene rings is 2. The zero-order valence-electron chi connectivity index (χ0n) is 13.7. The predicted molar refractivity (Wildman–Crippen MR) is 94.7 cm³/mol. The average molecular weight is 344 g/mol. The SMILES string of the molecule is Cc1ccccc1C(=O)N1CCc2ccc(CNS(C)(=O)=O)cc21. The lowest BCUT2D eigenvalue weighted by Gasteiger charge is -2.19. The van der Waals surface area contributed by atoms with Crippen molar-refractivity contribution in [1.82, 2.24) is 4.72 Å². The number of nitrogens with one attached hydrogen (secondary N) is 1. The summed E-state index contributed by atoms with van der Waals surface area (Å²) >= 11 is 0. The van der Waals surface area contributed by atoms with Gasteiger partial charge in [-0.3, -0.25) is 4.79 Å². The molecule has 0 unspecified atom stereocenters. The van der Waals surface area contributed by atoms with Crippen molar-refractivity contribution in [3.05, 3.63) is 64.7 Å². The molecule has 2 aromatic rings. The van der Waals surface area contributed by atoms with Gasteiger partial charge in [0.1, 0.15) is 0 Å². The van der Waals surface area contributed by atoms with E-state index >= 15 is 0 Å². The van der Waals surface area contributed by atoms with Crippen molar-refractivity contribution >= 4 is 21.6 Å². The van der Waals surface area contributed by atoms with E-state index in [9.17, 15) is 13.2 Å². The van der Waals surface area contributed by atoms with Crippen molar-refractivity contribution in [3.63, 3.8) is 0 Å². The van der Waals surface area contributed by atoms with E-state index in [1.807, 2.05) is 49.4 Å². The number of amides is 1. The van der Waals surface area contributed by atoms with Gasteiger partial charge in [-0.2, -0.15) is 0 Å². The van der Waals surface area contributed by atoms with Crippen LogP contribution in [0.5, 0.6) is 0 Å². The fourth-order valence-electron chi connectivity index (χ4n) is 2.92. The van der Waals surface area contributed by atoms with Gasteiger partial charge in [-0.15, -0.1) is 0 Å². The molecule has 0 bridgehead atoms. The number of carbonyl (C=O) groups excluding carboxylic acids is 1. The predicted octanol–water partition coefficient (Wildman–Crippen LogP) is 2.25. The van der Waals surface area contributed by atoms with Crippen LogP contribution < -0.4 is 9.62 Å². The highest BCUT2D eigenvalue weighted by Gasteiger charge is 2.26. The first-order valence-corrected chi connectivity index (χ1v) is 9.68. The van der Waals surface area contributed by atoms with Gasteiger partial charge in [0.05, 0.1) is 6.26 Å². The van der Waals surface area contributed by atoms with Crippen LogP contribution in [0.2, 0.25) is 0 Å². The Labute approximate surface area is 142 Å². The van der Waals surface area contributed by atoms with Crippen molar-refractivity contribution in [2.45, 2.75) is 19.9 Å². The van der Waals surface area contributed by atoms with Crippen LogP contribution in [0.1, 0.15) is 27.0 Å². The molecule has 0 fully saturated rings. The van der Waals surface area contributed by atoms with Gasteiger partial charge in [-0.05, 0) is 42.2 Å². The van der Waals surface area contributed by atoms with Gasteiger partial charge in [-0.1, -0.05) is 30.3 Å². The molecule has 3 rings (SSSR count). The first kappa shape index (κ1) is 16.7. The van der Waals surface area contributed by atoms with Crippen LogP contribution in [0, 0.1) is 6.92 Å². The van der Waals surface area contributed by atoms with Crippen LogP contribution in [0.25, 0.3) is 0 Å². The Hall–Kier alpha value is -2.18. The molecule has 0 atom stereocenters. The highest BCUT2D eigenvalue weighted by atomic mass is 32.2.